The molecule has 0 saturated carbocycles. The molecule has 94 valence electrons. The van der Waals surface area contributed by atoms with Crippen LogP contribution in [0.1, 0.15) is 6.42 Å². The first-order chi connectivity index (χ1) is 8.67. The molecule has 0 radical (unpaired) electrons. The van der Waals surface area contributed by atoms with E-state index >= 15 is 0 Å². The molecule has 1 aliphatic heterocycles. The van der Waals surface area contributed by atoms with Crippen molar-refractivity contribution in [2.45, 2.75) is 6.42 Å². The van der Waals surface area contributed by atoms with Crippen LogP contribution in [0.15, 0.2) is 23.0 Å². The number of imidazole rings is 1. The monoisotopic (exact) mass is 246 g/mol. The molecule has 1 aromatic heterocycles. The lowest BCUT2D eigenvalue weighted by Gasteiger charge is -2.16. The second-order valence-corrected chi connectivity index (χ2v) is 4.62. The molecule has 3 rings (SSSR count). The fourth-order valence-corrected chi connectivity index (χ4v) is 2.38. The molecule has 1 unspecified atom stereocenters. The quantitative estimate of drug-likeness (QED) is 0.704. The highest BCUT2D eigenvalue weighted by Crippen LogP contribution is 2.26. The zero-order chi connectivity index (χ0) is 12.7. The average Bonchev–Trinajstić information content (AvgIpc) is 2.89. The van der Waals surface area contributed by atoms with Crippen molar-refractivity contribution in [1.29, 1.82) is 0 Å². The van der Waals surface area contributed by atoms with Crippen molar-refractivity contribution in [3.63, 3.8) is 0 Å². The Balaban J connectivity index is 1.99. The summed E-state index contributed by atoms with van der Waals surface area (Å²) in [7, 11) is 0. The maximum absolute atomic E-state index is 11.9. The minimum absolute atomic E-state index is 0.0858. The SMILES string of the molecule is NCC1CC(=O)N(c2ccc3[nH]c(=O)[nH]c3c2)C1. The van der Waals surface area contributed by atoms with E-state index in [-0.39, 0.29) is 17.5 Å². The number of hydrogen-bond acceptors (Lipinski definition) is 3. The second kappa shape index (κ2) is 3.99. The molecule has 6 nitrogen and oxygen atoms in total. The molecule has 1 aromatic carbocycles. The predicted octanol–water partition coefficient (Wildman–Crippen LogP) is 0.168. The highest BCUT2D eigenvalue weighted by atomic mass is 16.2. The maximum Gasteiger partial charge on any atom is 0.323 e. The van der Waals surface area contributed by atoms with Crippen molar-refractivity contribution in [2.75, 3.05) is 18.0 Å². The number of hydrogen-bond donors (Lipinski definition) is 3. The van der Waals surface area contributed by atoms with Crippen molar-refractivity contribution in [3.05, 3.63) is 28.7 Å². The Labute approximate surface area is 103 Å². The summed E-state index contributed by atoms with van der Waals surface area (Å²) >= 11 is 0. The molecule has 18 heavy (non-hydrogen) atoms. The number of H-pyrrole nitrogens is 2. The number of nitrogens with zero attached hydrogens (tertiary/aromatic N) is 1. The van der Waals surface area contributed by atoms with Gasteiger partial charge in [-0.1, -0.05) is 0 Å². The van der Waals surface area contributed by atoms with Crippen molar-refractivity contribution >= 4 is 22.6 Å². The van der Waals surface area contributed by atoms with Gasteiger partial charge in [-0.2, -0.15) is 0 Å². The van der Waals surface area contributed by atoms with Gasteiger partial charge in [-0.3, -0.25) is 4.79 Å². The number of amides is 1. The van der Waals surface area contributed by atoms with Crippen LogP contribution in [0.25, 0.3) is 11.0 Å². The smallest absolute Gasteiger partial charge is 0.323 e. The molecule has 1 saturated heterocycles. The Bertz CT molecular complexity index is 657. The molecular formula is C12H14N4O2. The van der Waals surface area contributed by atoms with Crippen LogP contribution in [0, 0.1) is 5.92 Å². The third-order valence-corrected chi connectivity index (χ3v) is 3.35. The van der Waals surface area contributed by atoms with Crippen LogP contribution in [0.5, 0.6) is 0 Å². The fourth-order valence-electron chi connectivity index (χ4n) is 2.38. The van der Waals surface area contributed by atoms with Crippen molar-refractivity contribution in [2.24, 2.45) is 11.7 Å². The zero-order valence-corrected chi connectivity index (χ0v) is 9.77. The van der Waals surface area contributed by atoms with Gasteiger partial charge in [0.2, 0.25) is 5.91 Å². The van der Waals surface area contributed by atoms with E-state index in [1.807, 2.05) is 12.1 Å². The normalized spacial score (nSPS) is 19.9. The van der Waals surface area contributed by atoms with E-state index in [0.717, 1.165) is 11.2 Å². The summed E-state index contributed by atoms with van der Waals surface area (Å²) in [5.41, 5.74) is 7.61. The Morgan fingerprint density at radius 3 is 2.78 bits per heavy atom. The highest BCUT2D eigenvalue weighted by Gasteiger charge is 2.29. The average molecular weight is 246 g/mol. The predicted molar refractivity (Wildman–Crippen MR) is 68.4 cm³/mol. The van der Waals surface area contributed by atoms with Gasteiger partial charge in [0.25, 0.3) is 0 Å². The first-order valence-electron chi connectivity index (χ1n) is 5.90. The molecule has 1 fully saturated rings. The Hall–Kier alpha value is -2.08. The molecule has 1 aliphatic rings. The van der Waals surface area contributed by atoms with E-state index in [2.05, 4.69) is 9.97 Å². The van der Waals surface area contributed by atoms with Gasteiger partial charge in [0.05, 0.1) is 11.0 Å². The minimum atomic E-state index is -0.241. The van der Waals surface area contributed by atoms with Crippen molar-refractivity contribution < 1.29 is 4.79 Å². The van der Waals surface area contributed by atoms with E-state index < -0.39 is 0 Å². The molecule has 4 N–H and O–H groups in total. The molecule has 1 amide bonds. The molecule has 6 heteroatoms. The zero-order valence-electron chi connectivity index (χ0n) is 9.77. The summed E-state index contributed by atoms with van der Waals surface area (Å²) in [6.45, 7) is 1.17. The Morgan fingerprint density at radius 1 is 1.28 bits per heavy atom. The van der Waals surface area contributed by atoms with Crippen molar-refractivity contribution in [3.8, 4) is 0 Å². The van der Waals surface area contributed by atoms with E-state index in [0.29, 0.717) is 25.0 Å². The number of carbonyl (C=O) groups excluding carboxylic acids is 1. The Morgan fingerprint density at radius 2 is 2.06 bits per heavy atom. The number of nitrogens with two attached hydrogens (primary N) is 1. The van der Waals surface area contributed by atoms with Gasteiger partial charge >= 0.3 is 5.69 Å². The minimum Gasteiger partial charge on any atom is -0.330 e. The van der Waals surface area contributed by atoms with Crippen LogP contribution in [-0.4, -0.2) is 29.0 Å². The summed E-state index contributed by atoms with van der Waals surface area (Å²) in [5, 5.41) is 0. The van der Waals surface area contributed by atoms with Gasteiger partial charge in [-0.15, -0.1) is 0 Å². The molecular weight excluding hydrogens is 232 g/mol. The lowest BCUT2D eigenvalue weighted by molar-refractivity contribution is -0.117. The number of anilines is 1. The summed E-state index contributed by atoms with van der Waals surface area (Å²) in [6, 6.07) is 5.44. The third kappa shape index (κ3) is 1.70. The number of aromatic nitrogens is 2. The Kier molecular flexibility index (Phi) is 2.45. The van der Waals surface area contributed by atoms with Crippen LogP contribution in [0.2, 0.25) is 0 Å². The topological polar surface area (TPSA) is 95.0 Å². The number of carbonyl (C=O) groups is 1. The van der Waals surface area contributed by atoms with Crippen molar-refractivity contribution in [1.82, 2.24) is 9.97 Å². The van der Waals surface area contributed by atoms with Crippen LogP contribution < -0.4 is 16.3 Å². The van der Waals surface area contributed by atoms with Crippen LogP contribution in [0.4, 0.5) is 5.69 Å². The number of rotatable bonds is 2. The molecule has 2 heterocycles. The lowest BCUT2D eigenvalue weighted by atomic mass is 10.1. The molecule has 2 aromatic rings. The molecule has 0 aliphatic carbocycles. The summed E-state index contributed by atoms with van der Waals surface area (Å²) in [4.78, 5) is 30.1. The van der Waals surface area contributed by atoms with E-state index in [9.17, 15) is 9.59 Å². The van der Waals surface area contributed by atoms with E-state index in [4.69, 9.17) is 5.73 Å². The lowest BCUT2D eigenvalue weighted by Crippen LogP contribution is -2.25. The molecule has 0 bridgehead atoms. The van der Waals surface area contributed by atoms with Gasteiger partial charge in [-0.05, 0) is 30.7 Å². The number of benzene rings is 1. The van der Waals surface area contributed by atoms with Crippen LogP contribution in [-0.2, 0) is 4.79 Å². The maximum atomic E-state index is 11.9. The van der Waals surface area contributed by atoms with Gasteiger partial charge in [0.1, 0.15) is 0 Å². The number of nitrogens with one attached hydrogen (secondary N) is 2. The molecule has 0 spiro atoms. The summed E-state index contributed by atoms with van der Waals surface area (Å²) in [6.07, 6.45) is 0.498. The van der Waals surface area contributed by atoms with E-state index in [1.54, 1.807) is 11.0 Å². The second-order valence-electron chi connectivity index (χ2n) is 4.62. The number of fused-ring (bicyclic) bond motifs is 1. The first-order valence-corrected chi connectivity index (χ1v) is 5.90. The van der Waals surface area contributed by atoms with Gasteiger partial charge in [-0.25, -0.2) is 4.79 Å². The van der Waals surface area contributed by atoms with E-state index in [1.165, 1.54) is 0 Å². The third-order valence-electron chi connectivity index (χ3n) is 3.35. The van der Waals surface area contributed by atoms with Gasteiger partial charge < -0.3 is 20.6 Å². The summed E-state index contributed by atoms with van der Waals surface area (Å²) < 4.78 is 0. The molecule has 1 atom stereocenters. The highest BCUT2D eigenvalue weighted by molar-refractivity contribution is 5.97. The number of aromatic amines is 2. The standard InChI is InChI=1S/C12H14N4O2/c13-5-7-3-11(17)16(6-7)8-1-2-9-10(4-8)15-12(18)14-9/h1-2,4,7H,3,5-6,13H2,(H2,14,15,18). The first kappa shape index (κ1) is 11.0. The van der Waals surface area contributed by atoms with Crippen LogP contribution >= 0.6 is 0 Å². The van der Waals surface area contributed by atoms with Crippen LogP contribution in [0.3, 0.4) is 0 Å². The van der Waals surface area contributed by atoms with Gasteiger partial charge in [0.15, 0.2) is 0 Å². The fraction of sp³-hybridized carbons (Fsp3) is 0.333. The summed E-state index contributed by atoms with van der Waals surface area (Å²) in [5.74, 6) is 0.307. The van der Waals surface area contributed by atoms with Gasteiger partial charge in [0, 0.05) is 18.7 Å². The largest absolute Gasteiger partial charge is 0.330 e.